The fraction of sp³-hybridized carbons (Fsp3) is 0.200. The minimum Gasteiger partial charge on any atom is -0.456 e. The molecular weight excluding hydrogens is 807 g/mol. The summed E-state index contributed by atoms with van der Waals surface area (Å²) in [4.78, 5) is 2.58. The van der Waals surface area contributed by atoms with Crippen molar-refractivity contribution in [2.75, 3.05) is 4.81 Å². The molecule has 0 radical (unpaired) electrons. The third-order valence-corrected chi connectivity index (χ3v) is 15.0. The van der Waals surface area contributed by atoms with Crippen LogP contribution in [0.2, 0.25) is 0 Å². The predicted molar refractivity (Wildman–Crippen MR) is 278 cm³/mol. The van der Waals surface area contributed by atoms with E-state index in [0.717, 1.165) is 94.0 Å². The molecule has 14 rings (SSSR count). The summed E-state index contributed by atoms with van der Waals surface area (Å²) in [6.45, 7) is 20.3. The summed E-state index contributed by atoms with van der Waals surface area (Å²) in [5.74, 6) is 0. The molecule has 6 heteroatoms. The topological polar surface area (TPSA) is 47.6 Å². The summed E-state index contributed by atoms with van der Waals surface area (Å²) in [6, 6.07) is 49.7. The molecule has 0 amide bonds. The zero-order chi connectivity index (χ0) is 44.9. The van der Waals surface area contributed by atoms with Gasteiger partial charge in [-0.1, -0.05) is 129 Å². The lowest BCUT2D eigenvalue weighted by Crippen LogP contribution is -2.60. The second-order valence-electron chi connectivity index (χ2n) is 22.1. The molecule has 66 heavy (non-hydrogen) atoms. The molecule has 6 heterocycles. The molecule has 0 spiro atoms. The van der Waals surface area contributed by atoms with Gasteiger partial charge < -0.3 is 22.6 Å². The molecule has 8 aromatic carbocycles. The van der Waals surface area contributed by atoms with Crippen molar-refractivity contribution in [3.8, 4) is 16.8 Å². The summed E-state index contributed by atoms with van der Waals surface area (Å²) < 4.78 is 23.6. The van der Waals surface area contributed by atoms with Crippen molar-refractivity contribution in [1.82, 2.24) is 4.57 Å². The van der Waals surface area contributed by atoms with Gasteiger partial charge in [0.2, 0.25) is 0 Å². The lowest BCUT2D eigenvalue weighted by molar-refractivity contribution is 0.587. The fourth-order valence-electron chi connectivity index (χ4n) is 11.6. The van der Waals surface area contributed by atoms with E-state index in [1.807, 2.05) is 0 Å². The summed E-state index contributed by atoms with van der Waals surface area (Å²) in [6.07, 6.45) is 0. The van der Waals surface area contributed by atoms with Crippen molar-refractivity contribution in [2.24, 2.45) is 0 Å². The van der Waals surface area contributed by atoms with E-state index in [9.17, 15) is 0 Å². The average molecular weight is 857 g/mol. The Morgan fingerprint density at radius 2 is 1.03 bits per heavy atom. The number of nitrogens with zero attached hydrogens (tertiary/aromatic N) is 2. The van der Waals surface area contributed by atoms with E-state index in [-0.39, 0.29) is 23.1 Å². The summed E-state index contributed by atoms with van der Waals surface area (Å²) in [5, 5.41) is 9.19. The van der Waals surface area contributed by atoms with Gasteiger partial charge in [0.05, 0.1) is 11.0 Å². The Bertz CT molecular complexity index is 4120. The quantitative estimate of drug-likeness (QED) is 0.154. The lowest BCUT2D eigenvalue weighted by atomic mass is 9.43. The molecule has 0 atom stereocenters. The lowest BCUT2D eigenvalue weighted by Gasteiger charge is -2.42. The van der Waals surface area contributed by atoms with Crippen LogP contribution in [0.1, 0.15) is 79.0 Å². The monoisotopic (exact) mass is 856 g/mol. The molecule has 12 aromatic rings. The van der Waals surface area contributed by atoms with E-state index in [1.165, 1.54) is 49.4 Å². The SMILES string of the molecule is CC(C)(C)c1ccc(N2B3c4cc5oc6ccccc6c5cc4-n4c5ccc(C(C)(C)C)cc5c5c6c(oc7ccccc76)c(c3c54)-c3cc4c(cc32)oc2cc(C(C)(C)C)ccc24)cc1. The highest BCUT2D eigenvalue weighted by Gasteiger charge is 2.47. The van der Waals surface area contributed by atoms with Crippen LogP contribution in [0.25, 0.3) is 104 Å². The minimum absolute atomic E-state index is 0.00642. The molecule has 0 aliphatic carbocycles. The number of furan rings is 3. The molecule has 5 nitrogen and oxygen atoms in total. The van der Waals surface area contributed by atoms with Gasteiger partial charge in [0, 0.05) is 77.3 Å². The van der Waals surface area contributed by atoms with E-state index >= 15 is 0 Å². The Kier molecular flexibility index (Phi) is 7.15. The van der Waals surface area contributed by atoms with Crippen LogP contribution in [0.15, 0.2) is 147 Å². The molecule has 0 bridgehead atoms. The largest absolute Gasteiger partial charge is 0.456 e. The zero-order valence-corrected chi connectivity index (χ0v) is 38.9. The van der Waals surface area contributed by atoms with Gasteiger partial charge in [0.15, 0.2) is 0 Å². The highest BCUT2D eigenvalue weighted by molar-refractivity contribution is 6.94. The number of hydrogen-bond donors (Lipinski definition) is 0. The van der Waals surface area contributed by atoms with Crippen molar-refractivity contribution in [3.05, 3.63) is 150 Å². The van der Waals surface area contributed by atoms with Crippen molar-refractivity contribution < 1.29 is 13.3 Å². The number of hydrogen-bond acceptors (Lipinski definition) is 4. The highest BCUT2D eigenvalue weighted by atomic mass is 16.3. The van der Waals surface area contributed by atoms with E-state index in [2.05, 4.69) is 205 Å². The molecule has 2 aliphatic rings. The second kappa shape index (κ2) is 12.4. The molecule has 0 fully saturated rings. The first-order valence-electron chi connectivity index (χ1n) is 23.4. The average Bonchev–Trinajstić information content (AvgIpc) is 4.04. The molecule has 4 aromatic heterocycles. The number of fused-ring (bicyclic) bond motifs is 19. The molecule has 320 valence electrons. The van der Waals surface area contributed by atoms with Crippen LogP contribution in [-0.4, -0.2) is 11.4 Å². The predicted octanol–water partition coefficient (Wildman–Crippen LogP) is 15.6. The van der Waals surface area contributed by atoms with Crippen LogP contribution >= 0.6 is 0 Å². The number of para-hydroxylation sites is 2. The van der Waals surface area contributed by atoms with E-state index in [1.54, 1.807) is 0 Å². The Morgan fingerprint density at radius 1 is 0.439 bits per heavy atom. The molecular formula is C60H49BN2O3. The van der Waals surface area contributed by atoms with Crippen LogP contribution in [0.3, 0.4) is 0 Å². The number of benzene rings is 8. The normalized spacial score (nSPS) is 14.1. The summed E-state index contributed by atoms with van der Waals surface area (Å²) in [7, 11) is 0. The van der Waals surface area contributed by atoms with Crippen molar-refractivity contribution in [1.29, 1.82) is 0 Å². The molecule has 0 unspecified atom stereocenters. The van der Waals surface area contributed by atoms with Crippen LogP contribution in [0, 0.1) is 0 Å². The van der Waals surface area contributed by atoms with Gasteiger partial charge in [-0.2, -0.15) is 0 Å². The third kappa shape index (κ3) is 4.97. The first-order chi connectivity index (χ1) is 31.6. The summed E-state index contributed by atoms with van der Waals surface area (Å²) >= 11 is 0. The Balaban J connectivity index is 1.22. The van der Waals surface area contributed by atoms with E-state index in [0.29, 0.717) is 0 Å². The van der Waals surface area contributed by atoms with Gasteiger partial charge in [0.25, 0.3) is 0 Å². The Hall–Kier alpha value is -7.18. The number of anilines is 2. The molecule has 0 saturated carbocycles. The van der Waals surface area contributed by atoms with Crippen LogP contribution in [0.4, 0.5) is 11.4 Å². The number of aromatic nitrogens is 1. The highest BCUT2D eigenvalue weighted by Crippen LogP contribution is 2.53. The van der Waals surface area contributed by atoms with E-state index < -0.39 is 0 Å². The standard InChI is InChI=1S/C60H49BN2O3/c1-58(2,3)32-18-22-35(23-19-32)63-45-31-51-39(37-24-20-34(60(7,8)9)27-49(37)65-51)28-42(45)54-55-56-52(53-38-15-11-13-17-48(38)66-57(53)54)41-26-33(59(4,5)6)21-25-44(41)62(56)46-29-40-36-14-10-12-16-47(36)64-50(40)30-43(46)61(55)63/h10-31H,1-9H3. The van der Waals surface area contributed by atoms with Gasteiger partial charge in [-0.3, -0.25) is 0 Å². The van der Waals surface area contributed by atoms with Crippen LogP contribution in [-0.2, 0) is 16.2 Å². The molecule has 2 aliphatic heterocycles. The zero-order valence-electron chi connectivity index (χ0n) is 38.9. The summed E-state index contributed by atoms with van der Waals surface area (Å²) in [5.41, 5.74) is 19.5. The van der Waals surface area contributed by atoms with Gasteiger partial charge >= 0.3 is 6.85 Å². The van der Waals surface area contributed by atoms with Crippen molar-refractivity contribution >= 4 is 117 Å². The van der Waals surface area contributed by atoms with Gasteiger partial charge in [-0.25, -0.2) is 0 Å². The first kappa shape index (κ1) is 38.1. The second-order valence-corrected chi connectivity index (χ2v) is 22.1. The third-order valence-electron chi connectivity index (χ3n) is 15.0. The first-order valence-corrected chi connectivity index (χ1v) is 23.4. The maximum absolute atomic E-state index is 7.30. The van der Waals surface area contributed by atoms with E-state index in [4.69, 9.17) is 13.3 Å². The minimum atomic E-state index is -0.256. The maximum atomic E-state index is 7.30. The van der Waals surface area contributed by atoms with Gasteiger partial charge in [-0.05, 0) is 105 Å². The smallest absolute Gasteiger partial charge is 0.333 e. The Morgan fingerprint density at radius 3 is 1.77 bits per heavy atom. The maximum Gasteiger partial charge on any atom is 0.333 e. The van der Waals surface area contributed by atoms with Crippen LogP contribution in [0.5, 0.6) is 0 Å². The van der Waals surface area contributed by atoms with Crippen molar-refractivity contribution in [2.45, 2.75) is 78.6 Å². The fourth-order valence-corrected chi connectivity index (χ4v) is 11.6. The van der Waals surface area contributed by atoms with Gasteiger partial charge in [-0.15, -0.1) is 0 Å². The molecule has 0 N–H and O–H groups in total. The van der Waals surface area contributed by atoms with Gasteiger partial charge in [0.1, 0.15) is 33.5 Å². The van der Waals surface area contributed by atoms with Crippen molar-refractivity contribution in [3.63, 3.8) is 0 Å². The Labute approximate surface area is 383 Å². The van der Waals surface area contributed by atoms with Crippen LogP contribution < -0.4 is 15.7 Å². The molecule has 0 saturated heterocycles. The number of rotatable bonds is 1.